The predicted octanol–water partition coefficient (Wildman–Crippen LogP) is 0.849. The van der Waals surface area contributed by atoms with E-state index in [1.807, 2.05) is 24.9 Å². The van der Waals surface area contributed by atoms with E-state index in [0.29, 0.717) is 12.6 Å². The summed E-state index contributed by atoms with van der Waals surface area (Å²) in [4.78, 5) is 16.4. The minimum atomic E-state index is 0.110. The number of hydrogen-bond acceptors (Lipinski definition) is 5. The molecule has 1 saturated heterocycles. The van der Waals surface area contributed by atoms with Gasteiger partial charge in [-0.2, -0.15) is 5.10 Å². The molecule has 1 aliphatic carbocycles. The third-order valence-corrected chi connectivity index (χ3v) is 4.73. The first-order valence-corrected chi connectivity index (χ1v) is 8.82. The average molecular weight is 338 g/mol. The van der Waals surface area contributed by atoms with Gasteiger partial charge in [-0.3, -0.25) is 14.6 Å². The van der Waals surface area contributed by atoms with Crippen molar-refractivity contribution in [3.8, 4) is 0 Å². The van der Waals surface area contributed by atoms with Crippen molar-refractivity contribution in [2.45, 2.75) is 45.4 Å². The topological polar surface area (TPSA) is 58.3 Å². The van der Waals surface area contributed by atoms with Crippen LogP contribution in [0.3, 0.4) is 0 Å². The van der Waals surface area contributed by atoms with Crippen molar-refractivity contribution in [2.75, 3.05) is 32.7 Å². The molecule has 2 heterocycles. The Labute approximate surface area is 142 Å². The van der Waals surface area contributed by atoms with Gasteiger partial charge >= 0.3 is 0 Å². The Kier molecular flexibility index (Phi) is 5.13. The van der Waals surface area contributed by atoms with Crippen LogP contribution in [0.2, 0.25) is 0 Å². The summed E-state index contributed by atoms with van der Waals surface area (Å²) in [5, 5.41) is 7.37. The van der Waals surface area contributed by atoms with Gasteiger partial charge < -0.3 is 9.88 Å². The summed E-state index contributed by atoms with van der Waals surface area (Å²) >= 11 is 5.50. The van der Waals surface area contributed by atoms with E-state index < -0.39 is 0 Å². The Morgan fingerprint density at radius 2 is 1.96 bits per heavy atom. The maximum absolute atomic E-state index is 11.8. The zero-order chi connectivity index (χ0) is 16.4. The van der Waals surface area contributed by atoms with Crippen LogP contribution in [-0.4, -0.2) is 68.8 Å². The van der Waals surface area contributed by atoms with Gasteiger partial charge in [0, 0.05) is 38.3 Å². The molecule has 23 heavy (non-hydrogen) atoms. The number of rotatable bonds is 6. The Morgan fingerprint density at radius 1 is 1.30 bits per heavy atom. The predicted molar refractivity (Wildman–Crippen MR) is 90.6 cm³/mol. The van der Waals surface area contributed by atoms with E-state index in [2.05, 4.69) is 24.8 Å². The SMILES string of the molecule is CC(C)NC(=O)CN1CCN(Cn2ncn(C3CC3)c2=S)CC1. The second kappa shape index (κ2) is 7.11. The number of piperazine rings is 1. The molecular weight excluding hydrogens is 312 g/mol. The van der Waals surface area contributed by atoms with Crippen molar-refractivity contribution in [2.24, 2.45) is 0 Å². The van der Waals surface area contributed by atoms with Crippen LogP contribution in [0.15, 0.2) is 6.33 Å². The molecule has 1 saturated carbocycles. The van der Waals surface area contributed by atoms with Crippen molar-refractivity contribution >= 4 is 18.1 Å². The van der Waals surface area contributed by atoms with Crippen LogP contribution in [0, 0.1) is 4.77 Å². The van der Waals surface area contributed by atoms with Gasteiger partial charge in [0.2, 0.25) is 5.91 Å². The summed E-state index contributed by atoms with van der Waals surface area (Å²) < 4.78 is 4.85. The minimum absolute atomic E-state index is 0.110. The average Bonchev–Trinajstić information content (AvgIpc) is 3.26. The molecule has 2 aliphatic rings. The Balaban J connectivity index is 1.46. The molecule has 0 radical (unpaired) electrons. The molecule has 1 aromatic heterocycles. The summed E-state index contributed by atoms with van der Waals surface area (Å²) in [5.41, 5.74) is 0. The van der Waals surface area contributed by atoms with E-state index in [0.717, 1.165) is 37.6 Å². The molecule has 1 aliphatic heterocycles. The lowest BCUT2D eigenvalue weighted by molar-refractivity contribution is -0.123. The van der Waals surface area contributed by atoms with Crippen LogP contribution in [-0.2, 0) is 11.5 Å². The highest BCUT2D eigenvalue weighted by molar-refractivity contribution is 7.71. The summed E-state index contributed by atoms with van der Waals surface area (Å²) in [5.74, 6) is 0.110. The molecule has 8 heteroatoms. The zero-order valence-corrected chi connectivity index (χ0v) is 14.8. The van der Waals surface area contributed by atoms with Crippen molar-refractivity contribution in [3.05, 3.63) is 11.1 Å². The molecule has 0 spiro atoms. The molecule has 1 amide bonds. The minimum Gasteiger partial charge on any atom is -0.353 e. The van der Waals surface area contributed by atoms with Gasteiger partial charge in [-0.15, -0.1) is 0 Å². The highest BCUT2D eigenvalue weighted by atomic mass is 32.1. The number of nitrogens with one attached hydrogen (secondary N) is 1. The number of carbonyl (C=O) groups is 1. The fraction of sp³-hybridized carbons (Fsp3) is 0.800. The molecule has 7 nitrogen and oxygen atoms in total. The fourth-order valence-electron chi connectivity index (χ4n) is 2.90. The largest absolute Gasteiger partial charge is 0.353 e. The lowest BCUT2D eigenvalue weighted by atomic mass is 10.3. The van der Waals surface area contributed by atoms with E-state index in [9.17, 15) is 4.79 Å². The van der Waals surface area contributed by atoms with Crippen molar-refractivity contribution in [1.29, 1.82) is 0 Å². The molecule has 128 valence electrons. The normalized spacial score (nSPS) is 20.1. The molecule has 0 bridgehead atoms. The first-order chi connectivity index (χ1) is 11.0. The van der Waals surface area contributed by atoms with Crippen molar-refractivity contribution in [3.63, 3.8) is 0 Å². The molecule has 0 atom stereocenters. The van der Waals surface area contributed by atoms with E-state index in [-0.39, 0.29) is 11.9 Å². The number of aromatic nitrogens is 3. The molecule has 0 unspecified atom stereocenters. The van der Waals surface area contributed by atoms with Crippen LogP contribution in [0.5, 0.6) is 0 Å². The molecule has 1 aromatic rings. The van der Waals surface area contributed by atoms with Crippen LogP contribution < -0.4 is 5.32 Å². The smallest absolute Gasteiger partial charge is 0.234 e. The number of nitrogens with zero attached hydrogens (tertiary/aromatic N) is 5. The summed E-state index contributed by atoms with van der Waals surface area (Å²) in [7, 11) is 0. The Bertz CT molecular complexity index is 597. The van der Waals surface area contributed by atoms with Gasteiger partial charge in [0.1, 0.15) is 6.33 Å². The second-order valence-corrected chi connectivity index (χ2v) is 7.17. The van der Waals surface area contributed by atoms with E-state index in [1.54, 1.807) is 0 Å². The standard InChI is InChI=1S/C15H26N6OS/c1-12(2)17-14(22)9-18-5-7-19(8-6-18)11-21-15(23)20(10-16-21)13-3-4-13/h10,12-13H,3-9,11H2,1-2H3,(H,17,22). The highest BCUT2D eigenvalue weighted by Crippen LogP contribution is 2.34. The third kappa shape index (κ3) is 4.39. The van der Waals surface area contributed by atoms with Gasteiger partial charge in [-0.1, -0.05) is 0 Å². The zero-order valence-electron chi connectivity index (χ0n) is 13.9. The highest BCUT2D eigenvalue weighted by Gasteiger charge is 2.25. The summed E-state index contributed by atoms with van der Waals surface area (Å²) in [6, 6.07) is 0.778. The van der Waals surface area contributed by atoms with Gasteiger partial charge in [-0.25, -0.2) is 4.68 Å². The summed E-state index contributed by atoms with van der Waals surface area (Å²) in [6.07, 6.45) is 4.31. The maximum atomic E-state index is 11.8. The Morgan fingerprint density at radius 3 is 2.57 bits per heavy atom. The molecule has 0 aromatic carbocycles. The monoisotopic (exact) mass is 338 g/mol. The number of amides is 1. The second-order valence-electron chi connectivity index (χ2n) is 6.81. The molecule has 1 N–H and O–H groups in total. The lowest BCUT2D eigenvalue weighted by Crippen LogP contribution is -2.50. The van der Waals surface area contributed by atoms with Crippen molar-refractivity contribution in [1.82, 2.24) is 29.5 Å². The van der Waals surface area contributed by atoms with Crippen LogP contribution >= 0.6 is 12.2 Å². The van der Waals surface area contributed by atoms with Crippen LogP contribution in [0.1, 0.15) is 32.7 Å². The van der Waals surface area contributed by atoms with Crippen molar-refractivity contribution < 1.29 is 4.79 Å². The molecular formula is C15H26N6OS. The quantitative estimate of drug-likeness (QED) is 0.779. The molecule has 3 rings (SSSR count). The fourth-order valence-corrected chi connectivity index (χ4v) is 3.20. The van der Waals surface area contributed by atoms with Gasteiger partial charge in [0.15, 0.2) is 4.77 Å². The first kappa shape index (κ1) is 16.6. The van der Waals surface area contributed by atoms with Crippen LogP contribution in [0.4, 0.5) is 0 Å². The maximum Gasteiger partial charge on any atom is 0.234 e. The summed E-state index contributed by atoms with van der Waals surface area (Å²) in [6.45, 7) is 8.89. The Hall–Kier alpha value is -1.25. The molecule has 2 fully saturated rings. The number of hydrogen-bond donors (Lipinski definition) is 1. The van der Waals surface area contributed by atoms with E-state index in [1.165, 1.54) is 12.8 Å². The van der Waals surface area contributed by atoms with E-state index in [4.69, 9.17) is 12.2 Å². The van der Waals surface area contributed by atoms with Gasteiger partial charge in [-0.05, 0) is 38.9 Å². The lowest BCUT2D eigenvalue weighted by Gasteiger charge is -2.34. The van der Waals surface area contributed by atoms with Gasteiger partial charge in [0.25, 0.3) is 0 Å². The van der Waals surface area contributed by atoms with Crippen LogP contribution in [0.25, 0.3) is 0 Å². The van der Waals surface area contributed by atoms with Gasteiger partial charge in [0.05, 0.1) is 13.2 Å². The third-order valence-electron chi connectivity index (χ3n) is 4.31. The first-order valence-electron chi connectivity index (χ1n) is 8.41. The number of carbonyl (C=O) groups excluding carboxylic acids is 1. The van der Waals surface area contributed by atoms with E-state index >= 15 is 0 Å².